The normalized spacial score (nSPS) is 10.9. The summed E-state index contributed by atoms with van der Waals surface area (Å²) >= 11 is 1.69. The van der Waals surface area contributed by atoms with Crippen LogP contribution in [-0.2, 0) is 6.54 Å². The van der Waals surface area contributed by atoms with Gasteiger partial charge in [0.2, 0.25) is 0 Å². The zero-order valence-electron chi connectivity index (χ0n) is 9.83. The zero-order valence-corrected chi connectivity index (χ0v) is 10.6. The lowest BCUT2D eigenvalue weighted by molar-refractivity contribution is 0.505. The lowest BCUT2D eigenvalue weighted by atomic mass is 10.2. The summed E-state index contributed by atoms with van der Waals surface area (Å²) in [5.41, 5.74) is 2.13. The van der Waals surface area contributed by atoms with E-state index in [0.717, 1.165) is 40.9 Å². The third-order valence-electron chi connectivity index (χ3n) is 2.39. The molecular formula is C12H16N2OS. The monoisotopic (exact) mass is 236 g/mol. The first-order chi connectivity index (χ1) is 7.70. The van der Waals surface area contributed by atoms with E-state index in [4.69, 9.17) is 4.42 Å². The first kappa shape index (κ1) is 11.4. The van der Waals surface area contributed by atoms with Gasteiger partial charge < -0.3 is 9.73 Å². The third kappa shape index (κ3) is 2.33. The molecule has 0 atom stereocenters. The number of aryl methyl sites for hydroxylation is 2. The number of nitrogens with zero attached hydrogens (tertiary/aromatic N) is 1. The van der Waals surface area contributed by atoms with Gasteiger partial charge in [-0.2, -0.15) is 0 Å². The second-order valence-corrected chi connectivity index (χ2v) is 4.68. The SMILES string of the molecule is CCNCc1nc(-c2cc(C)oc2C)cs1. The molecule has 0 unspecified atom stereocenters. The lowest BCUT2D eigenvalue weighted by Gasteiger charge is -1.95. The Labute approximate surface area is 99.5 Å². The molecule has 0 saturated carbocycles. The average Bonchev–Trinajstić information content (AvgIpc) is 2.82. The Bertz CT molecular complexity index is 473. The number of hydrogen-bond donors (Lipinski definition) is 1. The summed E-state index contributed by atoms with van der Waals surface area (Å²) in [5, 5.41) is 6.48. The number of hydrogen-bond acceptors (Lipinski definition) is 4. The van der Waals surface area contributed by atoms with E-state index in [0.29, 0.717) is 0 Å². The van der Waals surface area contributed by atoms with Crippen LogP contribution in [0, 0.1) is 13.8 Å². The van der Waals surface area contributed by atoms with Gasteiger partial charge >= 0.3 is 0 Å². The molecule has 86 valence electrons. The van der Waals surface area contributed by atoms with Gasteiger partial charge in [-0.05, 0) is 26.5 Å². The molecule has 3 nitrogen and oxygen atoms in total. The molecule has 0 saturated heterocycles. The van der Waals surface area contributed by atoms with Gasteiger partial charge in [0.1, 0.15) is 16.5 Å². The molecule has 0 fully saturated rings. The highest BCUT2D eigenvalue weighted by Gasteiger charge is 2.10. The van der Waals surface area contributed by atoms with Crippen molar-refractivity contribution < 1.29 is 4.42 Å². The summed E-state index contributed by atoms with van der Waals surface area (Å²) in [6.45, 7) is 7.85. The highest BCUT2D eigenvalue weighted by atomic mass is 32.1. The topological polar surface area (TPSA) is 38.1 Å². The van der Waals surface area contributed by atoms with Gasteiger partial charge in [-0.15, -0.1) is 11.3 Å². The van der Waals surface area contributed by atoms with Gasteiger partial charge in [0, 0.05) is 17.5 Å². The summed E-state index contributed by atoms with van der Waals surface area (Å²) < 4.78 is 5.51. The van der Waals surface area contributed by atoms with Crippen LogP contribution in [0.5, 0.6) is 0 Å². The number of nitrogens with one attached hydrogen (secondary N) is 1. The molecule has 0 aliphatic rings. The third-order valence-corrected chi connectivity index (χ3v) is 3.24. The molecule has 0 spiro atoms. The van der Waals surface area contributed by atoms with E-state index >= 15 is 0 Å². The Morgan fingerprint density at radius 1 is 1.44 bits per heavy atom. The molecule has 0 radical (unpaired) electrons. The summed E-state index contributed by atoms with van der Waals surface area (Å²) in [5.74, 6) is 1.88. The minimum Gasteiger partial charge on any atom is -0.466 e. The van der Waals surface area contributed by atoms with Crippen molar-refractivity contribution in [3.8, 4) is 11.3 Å². The smallest absolute Gasteiger partial charge is 0.110 e. The molecule has 2 rings (SSSR count). The van der Waals surface area contributed by atoms with Gasteiger partial charge in [-0.25, -0.2) is 4.98 Å². The van der Waals surface area contributed by atoms with E-state index in [1.807, 2.05) is 19.9 Å². The van der Waals surface area contributed by atoms with E-state index in [2.05, 4.69) is 22.6 Å². The molecule has 0 aromatic carbocycles. The van der Waals surface area contributed by atoms with E-state index in [9.17, 15) is 0 Å². The quantitative estimate of drug-likeness (QED) is 0.886. The van der Waals surface area contributed by atoms with Crippen molar-refractivity contribution >= 4 is 11.3 Å². The van der Waals surface area contributed by atoms with Crippen LogP contribution in [0.3, 0.4) is 0 Å². The summed E-state index contributed by atoms with van der Waals surface area (Å²) in [6.07, 6.45) is 0. The first-order valence-electron chi connectivity index (χ1n) is 5.43. The molecule has 4 heteroatoms. The van der Waals surface area contributed by atoms with Gasteiger partial charge in [-0.3, -0.25) is 0 Å². The number of rotatable bonds is 4. The van der Waals surface area contributed by atoms with Crippen LogP contribution in [0.2, 0.25) is 0 Å². The number of furan rings is 1. The van der Waals surface area contributed by atoms with Gasteiger partial charge in [0.15, 0.2) is 0 Å². The Morgan fingerprint density at radius 2 is 2.25 bits per heavy atom. The fourth-order valence-corrected chi connectivity index (χ4v) is 2.40. The minimum absolute atomic E-state index is 0.844. The number of aromatic nitrogens is 1. The Kier molecular flexibility index (Phi) is 3.41. The van der Waals surface area contributed by atoms with E-state index in [1.54, 1.807) is 11.3 Å². The van der Waals surface area contributed by atoms with Crippen LogP contribution in [0.15, 0.2) is 15.9 Å². The van der Waals surface area contributed by atoms with Crippen molar-refractivity contribution in [2.24, 2.45) is 0 Å². The lowest BCUT2D eigenvalue weighted by Crippen LogP contribution is -2.11. The van der Waals surface area contributed by atoms with Crippen molar-refractivity contribution in [2.75, 3.05) is 6.54 Å². The standard InChI is InChI=1S/C12H16N2OS/c1-4-13-6-12-14-11(7-16-12)10-5-8(2)15-9(10)3/h5,7,13H,4,6H2,1-3H3. The van der Waals surface area contributed by atoms with Crippen LogP contribution in [-0.4, -0.2) is 11.5 Å². The van der Waals surface area contributed by atoms with Crippen LogP contribution < -0.4 is 5.32 Å². The van der Waals surface area contributed by atoms with Gasteiger partial charge in [0.25, 0.3) is 0 Å². The maximum Gasteiger partial charge on any atom is 0.110 e. The zero-order chi connectivity index (χ0) is 11.5. The minimum atomic E-state index is 0.844. The molecule has 0 aliphatic carbocycles. The van der Waals surface area contributed by atoms with Gasteiger partial charge in [0.05, 0.1) is 5.69 Å². The summed E-state index contributed by atoms with van der Waals surface area (Å²) in [4.78, 5) is 4.59. The average molecular weight is 236 g/mol. The molecule has 2 aromatic rings. The summed E-state index contributed by atoms with van der Waals surface area (Å²) in [6, 6.07) is 2.04. The molecule has 0 bridgehead atoms. The second kappa shape index (κ2) is 4.80. The van der Waals surface area contributed by atoms with Crippen molar-refractivity contribution in [3.63, 3.8) is 0 Å². The van der Waals surface area contributed by atoms with Crippen molar-refractivity contribution in [3.05, 3.63) is 28.0 Å². The molecule has 2 heterocycles. The molecule has 1 N–H and O–H groups in total. The van der Waals surface area contributed by atoms with Crippen molar-refractivity contribution in [1.82, 2.24) is 10.3 Å². The maximum absolute atomic E-state index is 5.51. The fourth-order valence-electron chi connectivity index (χ4n) is 1.63. The molecule has 16 heavy (non-hydrogen) atoms. The predicted octanol–water partition coefficient (Wildman–Crippen LogP) is 3.13. The highest BCUT2D eigenvalue weighted by Crippen LogP contribution is 2.27. The van der Waals surface area contributed by atoms with Crippen LogP contribution in [0.1, 0.15) is 23.5 Å². The largest absolute Gasteiger partial charge is 0.466 e. The van der Waals surface area contributed by atoms with Crippen LogP contribution in [0.25, 0.3) is 11.3 Å². The Hall–Kier alpha value is -1.13. The molecule has 2 aromatic heterocycles. The highest BCUT2D eigenvalue weighted by molar-refractivity contribution is 7.09. The van der Waals surface area contributed by atoms with Crippen LogP contribution >= 0.6 is 11.3 Å². The molecular weight excluding hydrogens is 220 g/mol. The fraction of sp³-hybridized carbons (Fsp3) is 0.417. The Morgan fingerprint density at radius 3 is 2.88 bits per heavy atom. The van der Waals surface area contributed by atoms with Crippen molar-refractivity contribution in [1.29, 1.82) is 0 Å². The Balaban J connectivity index is 2.21. The first-order valence-corrected chi connectivity index (χ1v) is 6.31. The summed E-state index contributed by atoms with van der Waals surface area (Å²) in [7, 11) is 0. The van der Waals surface area contributed by atoms with Crippen LogP contribution in [0.4, 0.5) is 0 Å². The second-order valence-electron chi connectivity index (χ2n) is 3.73. The maximum atomic E-state index is 5.51. The van der Waals surface area contributed by atoms with E-state index in [-0.39, 0.29) is 0 Å². The molecule has 0 aliphatic heterocycles. The van der Waals surface area contributed by atoms with E-state index < -0.39 is 0 Å². The van der Waals surface area contributed by atoms with E-state index in [1.165, 1.54) is 0 Å². The van der Waals surface area contributed by atoms with Crippen molar-refractivity contribution in [2.45, 2.75) is 27.3 Å². The predicted molar refractivity (Wildman–Crippen MR) is 66.7 cm³/mol. The molecule has 0 amide bonds. The number of thiazole rings is 1. The van der Waals surface area contributed by atoms with Gasteiger partial charge in [-0.1, -0.05) is 6.92 Å².